The Morgan fingerprint density at radius 2 is 1.49 bits per heavy atom. The van der Waals surface area contributed by atoms with E-state index in [0.29, 0.717) is 31.3 Å². The first-order valence-electron chi connectivity index (χ1n) is 18.2. The monoisotopic (exact) mass is 652 g/mol. The molecule has 0 radical (unpaired) electrons. The van der Waals surface area contributed by atoms with Crippen LogP contribution in [0.4, 0.5) is 0 Å². The minimum absolute atomic E-state index is 0.0578. The summed E-state index contributed by atoms with van der Waals surface area (Å²) in [5.74, 6) is -0.394. The van der Waals surface area contributed by atoms with Crippen molar-refractivity contribution in [1.82, 2.24) is 0 Å². The van der Waals surface area contributed by atoms with E-state index < -0.39 is 33.8 Å². The third-order valence-electron chi connectivity index (χ3n) is 12.4. The summed E-state index contributed by atoms with van der Waals surface area (Å²) in [6, 6.07) is 10.3. The fraction of sp³-hybridized carbons (Fsp3) is 0.775. The van der Waals surface area contributed by atoms with E-state index >= 15 is 4.79 Å². The highest BCUT2D eigenvalue weighted by atomic mass is 16.6. The SMILES string of the molecule is CCC(C)(CC(C)(CC(C)(CC(C)(CC(C)C)C(=O)O)C(=O)OCC1CO1)C(=O)OC12CC3CC(CC(C)(C3)C1)C2)c1ccccc1. The van der Waals surface area contributed by atoms with Gasteiger partial charge in [0, 0.05) is 0 Å². The van der Waals surface area contributed by atoms with Crippen molar-refractivity contribution in [2.45, 2.75) is 143 Å². The molecule has 5 aliphatic rings. The van der Waals surface area contributed by atoms with Crippen LogP contribution < -0.4 is 0 Å². The number of rotatable bonds is 16. The number of carbonyl (C=O) groups is 3. The van der Waals surface area contributed by atoms with E-state index in [2.05, 4.69) is 32.9 Å². The predicted molar refractivity (Wildman–Crippen MR) is 182 cm³/mol. The standard InChI is InChI=1S/C40H60O7/c1-9-36(5,30-13-11-10-12-14-30)24-39(8,34(44)47-40-19-28-15-29(20-40)18-35(4,17-28)23-40)26-38(7,33(43)46-22-31-21-45-31)25-37(6,32(41)42)16-27(2)3/h10-14,27-29,31H,9,15-26H2,1-8H3,(H,41,42). The summed E-state index contributed by atoms with van der Waals surface area (Å²) in [4.78, 5) is 42.1. The summed E-state index contributed by atoms with van der Waals surface area (Å²) in [6.07, 6.45) is 8.08. The van der Waals surface area contributed by atoms with Gasteiger partial charge in [-0.3, -0.25) is 14.4 Å². The molecule has 1 N–H and O–H groups in total. The molecule has 7 heteroatoms. The van der Waals surface area contributed by atoms with Gasteiger partial charge in [0.25, 0.3) is 0 Å². The molecule has 6 rings (SSSR count). The number of benzene rings is 1. The highest BCUT2D eigenvalue weighted by molar-refractivity contribution is 5.82. The molecule has 47 heavy (non-hydrogen) atoms. The second-order valence-corrected chi connectivity index (χ2v) is 18.3. The van der Waals surface area contributed by atoms with Crippen LogP contribution in [-0.2, 0) is 34.0 Å². The first kappa shape index (κ1) is 35.9. The minimum Gasteiger partial charge on any atom is -0.481 e. The first-order chi connectivity index (χ1) is 21.8. The maximum atomic E-state index is 15.0. The van der Waals surface area contributed by atoms with E-state index in [-0.39, 0.29) is 48.3 Å². The molecule has 7 nitrogen and oxygen atoms in total. The Balaban J connectivity index is 1.54. The van der Waals surface area contributed by atoms with E-state index in [9.17, 15) is 14.7 Å². The van der Waals surface area contributed by atoms with Gasteiger partial charge in [0.15, 0.2) is 0 Å². The van der Waals surface area contributed by atoms with Crippen molar-refractivity contribution < 1.29 is 33.7 Å². The summed E-state index contributed by atoms with van der Waals surface area (Å²) in [7, 11) is 0. The second-order valence-electron chi connectivity index (χ2n) is 18.3. The summed E-state index contributed by atoms with van der Waals surface area (Å²) in [5.41, 5.74) is -3.07. The second kappa shape index (κ2) is 12.8. The number of aliphatic carboxylic acids is 1. The smallest absolute Gasteiger partial charge is 0.312 e. The van der Waals surface area contributed by atoms with Crippen LogP contribution in [0.15, 0.2) is 30.3 Å². The molecular weight excluding hydrogens is 592 g/mol. The Morgan fingerprint density at radius 1 is 0.915 bits per heavy atom. The number of carbonyl (C=O) groups excluding carboxylic acids is 2. The number of hydrogen-bond donors (Lipinski definition) is 1. The van der Waals surface area contributed by atoms with E-state index in [1.807, 2.05) is 45.9 Å². The van der Waals surface area contributed by atoms with Gasteiger partial charge < -0.3 is 19.3 Å². The molecule has 1 saturated heterocycles. The van der Waals surface area contributed by atoms with Crippen LogP contribution in [0.1, 0.15) is 132 Å². The quantitative estimate of drug-likeness (QED) is 0.141. The zero-order valence-corrected chi connectivity index (χ0v) is 30.3. The molecule has 1 aromatic carbocycles. The number of carboxylic acids is 1. The zero-order valence-electron chi connectivity index (χ0n) is 30.3. The van der Waals surface area contributed by atoms with E-state index in [1.165, 1.54) is 19.3 Å². The normalized spacial score (nSPS) is 32.8. The Labute approximate surface area is 282 Å². The predicted octanol–water partition coefficient (Wildman–Crippen LogP) is 8.52. The first-order valence-corrected chi connectivity index (χ1v) is 18.2. The molecule has 1 heterocycles. The molecule has 4 saturated carbocycles. The van der Waals surface area contributed by atoms with Crippen molar-refractivity contribution in [1.29, 1.82) is 0 Å². The lowest BCUT2D eigenvalue weighted by atomic mass is 9.48. The highest BCUT2D eigenvalue weighted by Gasteiger charge is 2.60. The Morgan fingerprint density at radius 3 is 2.00 bits per heavy atom. The molecular formula is C40H60O7. The van der Waals surface area contributed by atoms with E-state index in [0.717, 1.165) is 31.2 Å². The highest BCUT2D eigenvalue weighted by Crippen LogP contribution is 2.63. The van der Waals surface area contributed by atoms with Gasteiger partial charge in [0.2, 0.25) is 0 Å². The van der Waals surface area contributed by atoms with Crippen LogP contribution >= 0.6 is 0 Å². The molecule has 0 amide bonds. The lowest BCUT2D eigenvalue weighted by Crippen LogP contribution is -2.58. The van der Waals surface area contributed by atoms with Crippen molar-refractivity contribution in [3.8, 4) is 0 Å². The van der Waals surface area contributed by atoms with Crippen LogP contribution in [-0.4, -0.2) is 47.9 Å². The summed E-state index contributed by atoms with van der Waals surface area (Å²) in [5, 5.41) is 10.5. The number of carboxylic acid groups (broad SMARTS) is 1. The maximum Gasteiger partial charge on any atom is 0.312 e. The molecule has 4 aliphatic carbocycles. The fourth-order valence-corrected chi connectivity index (χ4v) is 11.0. The molecule has 7 unspecified atom stereocenters. The molecule has 1 aliphatic heterocycles. The minimum atomic E-state index is -1.26. The number of ether oxygens (including phenoxy) is 3. The van der Waals surface area contributed by atoms with Gasteiger partial charge in [-0.2, -0.15) is 0 Å². The Bertz CT molecular complexity index is 1300. The number of epoxide rings is 1. The molecule has 5 fully saturated rings. The lowest BCUT2D eigenvalue weighted by molar-refractivity contribution is -0.210. The van der Waals surface area contributed by atoms with Crippen LogP contribution in [0.25, 0.3) is 0 Å². The van der Waals surface area contributed by atoms with Crippen molar-refractivity contribution >= 4 is 17.9 Å². The average molecular weight is 653 g/mol. The largest absolute Gasteiger partial charge is 0.481 e. The topological polar surface area (TPSA) is 102 Å². The molecule has 0 aromatic heterocycles. The van der Waals surface area contributed by atoms with E-state index in [4.69, 9.17) is 14.2 Å². The zero-order chi connectivity index (χ0) is 34.5. The molecule has 7 atom stereocenters. The van der Waals surface area contributed by atoms with Gasteiger partial charge >= 0.3 is 17.9 Å². The van der Waals surface area contributed by atoms with Gasteiger partial charge in [-0.25, -0.2) is 0 Å². The van der Waals surface area contributed by atoms with Crippen LogP contribution in [0.3, 0.4) is 0 Å². The van der Waals surface area contributed by atoms with Gasteiger partial charge in [-0.15, -0.1) is 0 Å². The molecule has 0 spiro atoms. The Kier molecular flexibility index (Phi) is 9.77. The van der Waals surface area contributed by atoms with Crippen molar-refractivity contribution in [3.63, 3.8) is 0 Å². The third kappa shape index (κ3) is 7.76. The van der Waals surface area contributed by atoms with Crippen LogP contribution in [0.2, 0.25) is 0 Å². The third-order valence-corrected chi connectivity index (χ3v) is 12.4. The van der Waals surface area contributed by atoms with Gasteiger partial charge in [0.1, 0.15) is 18.3 Å². The molecule has 4 bridgehead atoms. The van der Waals surface area contributed by atoms with Crippen LogP contribution in [0.5, 0.6) is 0 Å². The van der Waals surface area contributed by atoms with Crippen molar-refractivity contribution in [3.05, 3.63) is 35.9 Å². The van der Waals surface area contributed by atoms with Gasteiger partial charge in [-0.1, -0.05) is 65.0 Å². The molecule has 1 aromatic rings. The summed E-state index contributed by atoms with van der Waals surface area (Å²) in [6.45, 7) is 16.9. The lowest BCUT2D eigenvalue weighted by Gasteiger charge is -2.60. The number of esters is 2. The fourth-order valence-electron chi connectivity index (χ4n) is 11.0. The number of hydrogen-bond acceptors (Lipinski definition) is 6. The maximum absolute atomic E-state index is 15.0. The summed E-state index contributed by atoms with van der Waals surface area (Å²) < 4.78 is 18.1. The Hall–Kier alpha value is -2.41. The van der Waals surface area contributed by atoms with Gasteiger partial charge in [0.05, 0.1) is 22.9 Å². The van der Waals surface area contributed by atoms with Crippen LogP contribution in [0, 0.1) is 39.4 Å². The average Bonchev–Trinajstić information content (AvgIpc) is 3.78. The van der Waals surface area contributed by atoms with Gasteiger partial charge in [-0.05, 0) is 126 Å². The molecule has 262 valence electrons. The van der Waals surface area contributed by atoms with Crippen molar-refractivity contribution in [2.24, 2.45) is 39.4 Å². The van der Waals surface area contributed by atoms with Crippen molar-refractivity contribution in [2.75, 3.05) is 13.2 Å². The van der Waals surface area contributed by atoms with E-state index in [1.54, 1.807) is 6.92 Å². The summed E-state index contributed by atoms with van der Waals surface area (Å²) >= 11 is 0.